The van der Waals surface area contributed by atoms with Crippen LogP contribution in [-0.2, 0) is 14.3 Å². The van der Waals surface area contributed by atoms with Gasteiger partial charge in [0, 0.05) is 19.8 Å². The van der Waals surface area contributed by atoms with E-state index in [1.54, 1.807) is 0 Å². The highest BCUT2D eigenvalue weighted by Gasteiger charge is 1.98. The first kappa shape index (κ1) is 13.4. The van der Waals surface area contributed by atoms with Gasteiger partial charge < -0.3 is 14.8 Å². The van der Waals surface area contributed by atoms with Crippen LogP contribution >= 0.6 is 0 Å². The number of carbonyl (C=O) groups excluding carboxylic acids is 1. The van der Waals surface area contributed by atoms with Gasteiger partial charge in [-0.25, -0.2) is 0 Å². The second-order valence-electron chi connectivity index (χ2n) is 2.95. The Bertz CT molecular complexity index is 139. The minimum atomic E-state index is -0.0778. The molecule has 0 saturated heterocycles. The van der Waals surface area contributed by atoms with E-state index in [1.807, 2.05) is 6.92 Å². The zero-order chi connectivity index (χ0) is 10.6. The van der Waals surface area contributed by atoms with Gasteiger partial charge in [-0.1, -0.05) is 13.3 Å². The maximum absolute atomic E-state index is 11.0. The first-order valence-electron chi connectivity index (χ1n) is 5.23. The molecule has 0 aliphatic heterocycles. The molecule has 84 valence electrons. The van der Waals surface area contributed by atoms with Gasteiger partial charge in [-0.15, -0.1) is 0 Å². The summed E-state index contributed by atoms with van der Waals surface area (Å²) in [6.07, 6.45) is 2.21. The third-order valence-corrected chi connectivity index (χ3v) is 1.65. The minimum Gasteiger partial charge on any atom is -0.380 e. The Labute approximate surface area is 86.0 Å². The molecule has 0 heterocycles. The highest BCUT2D eigenvalue weighted by atomic mass is 16.5. The predicted molar refractivity (Wildman–Crippen MR) is 55.2 cm³/mol. The molecule has 4 heteroatoms. The Kier molecular flexibility index (Phi) is 10.0. The van der Waals surface area contributed by atoms with E-state index in [2.05, 4.69) is 12.2 Å². The van der Waals surface area contributed by atoms with E-state index in [4.69, 9.17) is 9.47 Å². The Morgan fingerprint density at radius 2 is 2.00 bits per heavy atom. The maximum atomic E-state index is 11.0. The summed E-state index contributed by atoms with van der Waals surface area (Å²) >= 11 is 0. The topological polar surface area (TPSA) is 47.6 Å². The summed E-state index contributed by atoms with van der Waals surface area (Å²) in [7, 11) is 0. The summed E-state index contributed by atoms with van der Waals surface area (Å²) < 4.78 is 10.2. The number of rotatable bonds is 9. The smallest absolute Gasteiger partial charge is 0.246 e. The third kappa shape index (κ3) is 9.48. The van der Waals surface area contributed by atoms with Gasteiger partial charge in [-0.3, -0.25) is 4.79 Å². The molecule has 0 spiro atoms. The summed E-state index contributed by atoms with van der Waals surface area (Å²) in [6, 6.07) is 0. The lowest BCUT2D eigenvalue weighted by atomic mass is 10.4. The fraction of sp³-hybridized carbons (Fsp3) is 0.900. The molecule has 0 aromatic carbocycles. The highest BCUT2D eigenvalue weighted by molar-refractivity contribution is 5.77. The number of unbranched alkanes of at least 4 members (excludes halogenated alkanes) is 1. The quantitative estimate of drug-likeness (QED) is 0.568. The molecule has 1 amide bonds. The van der Waals surface area contributed by atoms with Crippen LogP contribution in [0.25, 0.3) is 0 Å². The number of amides is 1. The molecule has 0 fully saturated rings. The van der Waals surface area contributed by atoms with Crippen molar-refractivity contribution in [1.82, 2.24) is 5.32 Å². The van der Waals surface area contributed by atoms with E-state index in [9.17, 15) is 4.79 Å². The van der Waals surface area contributed by atoms with Gasteiger partial charge in [0.15, 0.2) is 0 Å². The fourth-order valence-corrected chi connectivity index (χ4v) is 0.857. The van der Waals surface area contributed by atoms with Crippen molar-refractivity contribution in [1.29, 1.82) is 0 Å². The van der Waals surface area contributed by atoms with Crippen LogP contribution in [0.15, 0.2) is 0 Å². The summed E-state index contributed by atoms with van der Waals surface area (Å²) in [5.74, 6) is -0.0778. The van der Waals surface area contributed by atoms with Gasteiger partial charge in [-0.05, 0) is 13.3 Å². The maximum Gasteiger partial charge on any atom is 0.246 e. The number of hydrogen-bond acceptors (Lipinski definition) is 3. The van der Waals surface area contributed by atoms with Gasteiger partial charge in [0.2, 0.25) is 5.91 Å². The second-order valence-corrected chi connectivity index (χ2v) is 2.95. The number of hydrogen-bond donors (Lipinski definition) is 1. The molecule has 1 N–H and O–H groups in total. The largest absolute Gasteiger partial charge is 0.380 e. The Morgan fingerprint density at radius 1 is 1.21 bits per heavy atom. The molecule has 0 radical (unpaired) electrons. The van der Waals surface area contributed by atoms with Crippen molar-refractivity contribution >= 4 is 5.91 Å². The first-order valence-corrected chi connectivity index (χ1v) is 5.23. The highest BCUT2D eigenvalue weighted by Crippen LogP contribution is 1.86. The third-order valence-electron chi connectivity index (χ3n) is 1.65. The van der Waals surface area contributed by atoms with Crippen LogP contribution in [0.4, 0.5) is 0 Å². The molecule has 0 bridgehead atoms. The predicted octanol–water partition coefficient (Wildman–Crippen LogP) is 0.956. The number of ether oxygens (including phenoxy) is 2. The van der Waals surface area contributed by atoms with Crippen LogP contribution in [0.2, 0.25) is 0 Å². The molecule has 0 unspecified atom stereocenters. The van der Waals surface area contributed by atoms with Crippen molar-refractivity contribution in [2.24, 2.45) is 0 Å². The first-order chi connectivity index (χ1) is 6.81. The summed E-state index contributed by atoms with van der Waals surface area (Å²) in [5.41, 5.74) is 0. The van der Waals surface area contributed by atoms with Gasteiger partial charge in [-0.2, -0.15) is 0 Å². The van der Waals surface area contributed by atoms with Gasteiger partial charge in [0.05, 0.1) is 6.61 Å². The monoisotopic (exact) mass is 203 g/mol. The van der Waals surface area contributed by atoms with Crippen LogP contribution in [0.3, 0.4) is 0 Å². The van der Waals surface area contributed by atoms with Crippen LogP contribution in [0.5, 0.6) is 0 Å². The lowest BCUT2D eigenvalue weighted by molar-refractivity contribution is -0.125. The van der Waals surface area contributed by atoms with Crippen LogP contribution in [0.1, 0.15) is 26.7 Å². The van der Waals surface area contributed by atoms with Crippen molar-refractivity contribution in [3.63, 3.8) is 0 Å². The molecular formula is C10H21NO3. The lowest BCUT2D eigenvalue weighted by Crippen LogP contribution is -2.30. The standard InChI is InChI=1S/C10H21NO3/c1-3-5-7-14-8-6-11-10(12)9-13-4-2/h3-9H2,1-2H3,(H,11,12). The van der Waals surface area contributed by atoms with E-state index < -0.39 is 0 Å². The summed E-state index contributed by atoms with van der Waals surface area (Å²) in [4.78, 5) is 11.0. The Morgan fingerprint density at radius 3 is 2.64 bits per heavy atom. The van der Waals surface area contributed by atoms with Crippen LogP contribution < -0.4 is 5.32 Å². The molecule has 0 aliphatic rings. The van der Waals surface area contributed by atoms with Crippen molar-refractivity contribution < 1.29 is 14.3 Å². The zero-order valence-corrected chi connectivity index (χ0v) is 9.17. The van der Waals surface area contributed by atoms with E-state index in [0.29, 0.717) is 19.8 Å². The molecule has 0 rings (SSSR count). The zero-order valence-electron chi connectivity index (χ0n) is 9.17. The second kappa shape index (κ2) is 10.5. The van der Waals surface area contributed by atoms with Crippen molar-refractivity contribution in [3.05, 3.63) is 0 Å². The van der Waals surface area contributed by atoms with Crippen LogP contribution in [-0.4, -0.2) is 38.9 Å². The lowest BCUT2D eigenvalue weighted by Gasteiger charge is -2.05. The summed E-state index contributed by atoms with van der Waals surface area (Å²) in [5, 5.41) is 2.71. The van der Waals surface area contributed by atoms with E-state index in [1.165, 1.54) is 0 Å². The van der Waals surface area contributed by atoms with E-state index in [0.717, 1.165) is 19.4 Å². The Hall–Kier alpha value is -0.610. The number of carbonyl (C=O) groups is 1. The molecule has 0 saturated carbocycles. The minimum absolute atomic E-state index is 0.0778. The molecule has 0 atom stereocenters. The van der Waals surface area contributed by atoms with Crippen molar-refractivity contribution in [2.45, 2.75) is 26.7 Å². The molecule has 14 heavy (non-hydrogen) atoms. The molecule has 0 aromatic rings. The van der Waals surface area contributed by atoms with Crippen LogP contribution in [0, 0.1) is 0 Å². The molecule has 4 nitrogen and oxygen atoms in total. The molecular weight excluding hydrogens is 182 g/mol. The average molecular weight is 203 g/mol. The fourth-order valence-electron chi connectivity index (χ4n) is 0.857. The van der Waals surface area contributed by atoms with E-state index >= 15 is 0 Å². The van der Waals surface area contributed by atoms with E-state index in [-0.39, 0.29) is 12.5 Å². The summed E-state index contributed by atoms with van der Waals surface area (Å²) in [6.45, 7) is 6.62. The normalized spacial score (nSPS) is 10.1. The molecule has 0 aliphatic carbocycles. The SMILES string of the molecule is CCCCOCCNC(=O)COCC. The van der Waals surface area contributed by atoms with Gasteiger partial charge in [0.1, 0.15) is 6.61 Å². The Balaban J connectivity index is 3.07. The van der Waals surface area contributed by atoms with Crippen molar-refractivity contribution in [3.8, 4) is 0 Å². The average Bonchev–Trinajstić information content (AvgIpc) is 2.20. The number of nitrogens with one attached hydrogen (secondary N) is 1. The van der Waals surface area contributed by atoms with Gasteiger partial charge in [0.25, 0.3) is 0 Å². The van der Waals surface area contributed by atoms with Crippen molar-refractivity contribution in [2.75, 3.05) is 33.0 Å². The van der Waals surface area contributed by atoms with Gasteiger partial charge >= 0.3 is 0 Å². The molecule has 0 aromatic heterocycles.